The fourth-order valence-electron chi connectivity index (χ4n) is 1.29. The fourth-order valence-corrected chi connectivity index (χ4v) is 1.29. The molecular formula is C11H22O3. The molecule has 0 spiro atoms. The van der Waals surface area contributed by atoms with Gasteiger partial charge < -0.3 is 9.47 Å². The zero-order valence-electron chi connectivity index (χ0n) is 9.71. The molecule has 1 unspecified atom stereocenters. The molecule has 0 heterocycles. The van der Waals surface area contributed by atoms with Gasteiger partial charge in [0.05, 0.1) is 12.5 Å². The molecule has 1 atom stereocenters. The Morgan fingerprint density at radius 1 is 1.21 bits per heavy atom. The van der Waals surface area contributed by atoms with Crippen molar-refractivity contribution in [3.8, 4) is 0 Å². The Bertz CT molecular complexity index is 155. The van der Waals surface area contributed by atoms with E-state index in [2.05, 4.69) is 13.8 Å². The quantitative estimate of drug-likeness (QED) is 0.469. The molecule has 0 aliphatic carbocycles. The third-order valence-electron chi connectivity index (χ3n) is 1.90. The maximum absolute atomic E-state index is 11.4. The Morgan fingerprint density at radius 3 is 2.36 bits per heavy atom. The number of rotatable bonds is 7. The minimum Gasteiger partial charge on any atom is -0.463 e. The molecule has 0 aromatic heterocycles. The normalized spacial score (nSPS) is 12.9. The molecule has 0 bridgehead atoms. The van der Waals surface area contributed by atoms with E-state index in [0.717, 1.165) is 6.42 Å². The highest BCUT2D eigenvalue weighted by Gasteiger charge is 2.15. The van der Waals surface area contributed by atoms with Crippen LogP contribution in [0.1, 0.15) is 34.1 Å². The van der Waals surface area contributed by atoms with Crippen LogP contribution in [0, 0.1) is 11.8 Å². The van der Waals surface area contributed by atoms with Gasteiger partial charge in [-0.05, 0) is 19.3 Å². The van der Waals surface area contributed by atoms with Gasteiger partial charge in [0, 0.05) is 6.61 Å². The molecule has 0 N–H and O–H groups in total. The first kappa shape index (κ1) is 13.4. The highest BCUT2D eigenvalue weighted by molar-refractivity contribution is 5.71. The van der Waals surface area contributed by atoms with Crippen LogP contribution in [0.4, 0.5) is 0 Å². The largest absolute Gasteiger partial charge is 0.463 e. The first-order valence-electron chi connectivity index (χ1n) is 5.32. The molecule has 0 saturated carbocycles. The van der Waals surface area contributed by atoms with E-state index in [9.17, 15) is 4.79 Å². The maximum Gasteiger partial charge on any atom is 0.308 e. The lowest BCUT2D eigenvalue weighted by Crippen LogP contribution is -2.19. The van der Waals surface area contributed by atoms with Gasteiger partial charge in [-0.1, -0.05) is 20.8 Å². The van der Waals surface area contributed by atoms with Crippen LogP contribution >= 0.6 is 0 Å². The molecular weight excluding hydrogens is 180 g/mol. The summed E-state index contributed by atoms with van der Waals surface area (Å²) >= 11 is 0. The Labute approximate surface area is 86.8 Å². The smallest absolute Gasteiger partial charge is 0.308 e. The Balaban J connectivity index is 3.52. The first-order valence-corrected chi connectivity index (χ1v) is 5.32. The number of hydrogen-bond acceptors (Lipinski definition) is 3. The third-order valence-corrected chi connectivity index (χ3v) is 1.90. The van der Waals surface area contributed by atoms with Crippen LogP contribution in [-0.4, -0.2) is 25.8 Å². The van der Waals surface area contributed by atoms with E-state index in [1.807, 2.05) is 13.8 Å². The summed E-state index contributed by atoms with van der Waals surface area (Å²) in [6, 6.07) is 0. The van der Waals surface area contributed by atoms with Crippen molar-refractivity contribution in [1.29, 1.82) is 0 Å². The number of hydrogen-bond donors (Lipinski definition) is 0. The van der Waals surface area contributed by atoms with Crippen LogP contribution in [0.3, 0.4) is 0 Å². The second-order valence-corrected chi connectivity index (χ2v) is 3.90. The summed E-state index contributed by atoms with van der Waals surface area (Å²) in [5.74, 6) is 0.416. The Hall–Kier alpha value is -0.570. The van der Waals surface area contributed by atoms with Gasteiger partial charge in [-0.25, -0.2) is 0 Å². The molecule has 0 aromatic rings. The van der Waals surface area contributed by atoms with E-state index in [0.29, 0.717) is 25.7 Å². The van der Waals surface area contributed by atoms with Crippen molar-refractivity contribution in [2.45, 2.75) is 34.1 Å². The van der Waals surface area contributed by atoms with Gasteiger partial charge in [-0.3, -0.25) is 4.79 Å². The van der Waals surface area contributed by atoms with Crippen molar-refractivity contribution in [1.82, 2.24) is 0 Å². The molecule has 84 valence electrons. The lowest BCUT2D eigenvalue weighted by Gasteiger charge is -2.13. The van der Waals surface area contributed by atoms with E-state index < -0.39 is 0 Å². The first-order chi connectivity index (χ1) is 6.57. The molecule has 0 fully saturated rings. The molecule has 0 aliphatic rings. The highest BCUT2D eigenvalue weighted by atomic mass is 16.6. The van der Waals surface area contributed by atoms with Crippen molar-refractivity contribution < 1.29 is 14.3 Å². The number of ether oxygens (including phenoxy) is 2. The molecule has 0 amide bonds. The van der Waals surface area contributed by atoms with Crippen molar-refractivity contribution >= 4 is 5.97 Å². The van der Waals surface area contributed by atoms with Crippen LogP contribution in [0.5, 0.6) is 0 Å². The van der Waals surface area contributed by atoms with Gasteiger partial charge in [0.1, 0.15) is 6.61 Å². The molecule has 14 heavy (non-hydrogen) atoms. The molecule has 3 heteroatoms. The number of esters is 1. The minimum absolute atomic E-state index is 0.00312. The van der Waals surface area contributed by atoms with Crippen LogP contribution in [0.2, 0.25) is 0 Å². The summed E-state index contributed by atoms with van der Waals surface area (Å²) in [5, 5.41) is 0. The third kappa shape index (κ3) is 6.89. The summed E-state index contributed by atoms with van der Waals surface area (Å²) in [6.07, 6.45) is 0.882. The van der Waals surface area contributed by atoms with Gasteiger partial charge in [0.25, 0.3) is 0 Å². The summed E-state index contributed by atoms with van der Waals surface area (Å²) in [7, 11) is 0. The zero-order chi connectivity index (χ0) is 11.0. The average Bonchev–Trinajstić information content (AvgIpc) is 2.11. The molecule has 0 radical (unpaired) electrons. The standard InChI is InChI=1S/C11H22O3/c1-5-13-6-7-14-11(12)10(4)8-9(2)3/h9-10H,5-8H2,1-4H3. The lowest BCUT2D eigenvalue weighted by molar-refractivity contribution is -0.150. The van der Waals surface area contributed by atoms with Gasteiger partial charge in [0.2, 0.25) is 0 Å². The summed E-state index contributed by atoms with van der Waals surface area (Å²) in [5.41, 5.74) is 0. The van der Waals surface area contributed by atoms with Crippen LogP contribution in [0.15, 0.2) is 0 Å². The maximum atomic E-state index is 11.4. The summed E-state index contributed by atoms with van der Waals surface area (Å²) < 4.78 is 10.1. The highest BCUT2D eigenvalue weighted by Crippen LogP contribution is 2.12. The average molecular weight is 202 g/mol. The monoisotopic (exact) mass is 202 g/mol. The zero-order valence-corrected chi connectivity index (χ0v) is 9.71. The summed E-state index contributed by atoms with van der Waals surface area (Å²) in [6.45, 7) is 9.56. The number of carbonyl (C=O) groups is 1. The molecule has 0 aliphatic heterocycles. The topological polar surface area (TPSA) is 35.5 Å². The second kappa shape index (κ2) is 7.80. The van der Waals surface area contributed by atoms with Crippen molar-refractivity contribution in [3.05, 3.63) is 0 Å². The van der Waals surface area contributed by atoms with Gasteiger partial charge in [0.15, 0.2) is 0 Å². The predicted molar refractivity (Wildman–Crippen MR) is 56.1 cm³/mol. The number of carbonyl (C=O) groups excluding carboxylic acids is 1. The fraction of sp³-hybridized carbons (Fsp3) is 0.909. The lowest BCUT2D eigenvalue weighted by atomic mass is 9.99. The van der Waals surface area contributed by atoms with E-state index in [1.165, 1.54) is 0 Å². The van der Waals surface area contributed by atoms with Crippen LogP contribution in [-0.2, 0) is 14.3 Å². The second-order valence-electron chi connectivity index (χ2n) is 3.90. The van der Waals surface area contributed by atoms with E-state index >= 15 is 0 Å². The van der Waals surface area contributed by atoms with E-state index in [-0.39, 0.29) is 11.9 Å². The van der Waals surface area contributed by atoms with Crippen molar-refractivity contribution in [2.75, 3.05) is 19.8 Å². The van der Waals surface area contributed by atoms with Crippen LogP contribution < -0.4 is 0 Å². The SMILES string of the molecule is CCOCCOC(=O)C(C)CC(C)C. The van der Waals surface area contributed by atoms with Crippen molar-refractivity contribution in [2.24, 2.45) is 11.8 Å². The van der Waals surface area contributed by atoms with E-state index in [4.69, 9.17) is 9.47 Å². The van der Waals surface area contributed by atoms with Crippen molar-refractivity contribution in [3.63, 3.8) is 0 Å². The van der Waals surface area contributed by atoms with Crippen LogP contribution in [0.25, 0.3) is 0 Å². The van der Waals surface area contributed by atoms with Gasteiger partial charge in [-0.15, -0.1) is 0 Å². The molecule has 0 saturated heterocycles. The summed E-state index contributed by atoms with van der Waals surface area (Å²) in [4.78, 5) is 11.4. The van der Waals surface area contributed by atoms with Gasteiger partial charge in [-0.2, -0.15) is 0 Å². The molecule has 0 rings (SSSR count). The Kier molecular flexibility index (Phi) is 7.48. The van der Waals surface area contributed by atoms with E-state index in [1.54, 1.807) is 0 Å². The minimum atomic E-state index is -0.113. The Morgan fingerprint density at radius 2 is 1.86 bits per heavy atom. The molecule has 3 nitrogen and oxygen atoms in total. The predicted octanol–water partition coefficient (Wildman–Crippen LogP) is 2.25. The molecule has 0 aromatic carbocycles. The van der Waals surface area contributed by atoms with Gasteiger partial charge >= 0.3 is 5.97 Å².